The molecule has 0 aliphatic rings. The molecular formula is C18H18N2O4. The minimum atomic E-state index is -0.233. The van der Waals surface area contributed by atoms with E-state index in [-0.39, 0.29) is 18.3 Å². The maximum absolute atomic E-state index is 12.0. The molecule has 1 amide bonds. The molecule has 0 bridgehead atoms. The van der Waals surface area contributed by atoms with Gasteiger partial charge in [0.05, 0.1) is 7.11 Å². The maximum atomic E-state index is 12.0. The Morgan fingerprint density at radius 1 is 1.25 bits per heavy atom. The first-order valence-electron chi connectivity index (χ1n) is 7.28. The van der Waals surface area contributed by atoms with Gasteiger partial charge in [0.1, 0.15) is 0 Å². The summed E-state index contributed by atoms with van der Waals surface area (Å²) in [7, 11) is 3.05. The van der Waals surface area contributed by atoms with Crippen molar-refractivity contribution in [3.05, 3.63) is 59.9 Å². The van der Waals surface area contributed by atoms with Crippen LogP contribution in [0.25, 0.3) is 6.08 Å². The Morgan fingerprint density at radius 3 is 2.75 bits per heavy atom. The molecule has 0 saturated heterocycles. The van der Waals surface area contributed by atoms with Crippen molar-refractivity contribution in [2.24, 2.45) is 0 Å². The highest BCUT2D eigenvalue weighted by Gasteiger charge is 2.07. The van der Waals surface area contributed by atoms with Crippen LogP contribution in [0.4, 0.5) is 0 Å². The molecule has 0 aliphatic heterocycles. The zero-order chi connectivity index (χ0) is 17.4. The highest BCUT2D eigenvalue weighted by Crippen LogP contribution is 2.28. The van der Waals surface area contributed by atoms with Gasteiger partial charge < -0.3 is 14.8 Å². The molecule has 0 radical (unpaired) electrons. The van der Waals surface area contributed by atoms with Crippen molar-refractivity contribution < 1.29 is 19.1 Å². The van der Waals surface area contributed by atoms with Crippen LogP contribution in [0.15, 0.2) is 48.8 Å². The fourth-order valence-corrected chi connectivity index (χ4v) is 1.90. The van der Waals surface area contributed by atoms with E-state index in [2.05, 4.69) is 10.3 Å². The summed E-state index contributed by atoms with van der Waals surface area (Å²) in [5.74, 6) is 0.566. The SMILES string of the molecule is CNC(=O)COc1ccc(/C=C/C(=O)c2cccnc2)cc1OC. The van der Waals surface area contributed by atoms with Gasteiger partial charge in [0, 0.05) is 25.0 Å². The number of methoxy groups -OCH3 is 1. The minimum absolute atomic E-state index is 0.0957. The van der Waals surface area contributed by atoms with Crippen molar-refractivity contribution >= 4 is 17.8 Å². The van der Waals surface area contributed by atoms with E-state index >= 15 is 0 Å². The smallest absolute Gasteiger partial charge is 0.257 e. The summed E-state index contributed by atoms with van der Waals surface area (Å²) in [4.78, 5) is 27.2. The zero-order valence-electron chi connectivity index (χ0n) is 13.5. The molecule has 6 heteroatoms. The molecule has 0 unspecified atom stereocenters. The third kappa shape index (κ3) is 4.67. The molecule has 6 nitrogen and oxygen atoms in total. The summed E-state index contributed by atoms with van der Waals surface area (Å²) in [6.07, 6.45) is 6.28. The third-order valence-corrected chi connectivity index (χ3v) is 3.20. The number of hydrogen-bond donors (Lipinski definition) is 1. The van der Waals surface area contributed by atoms with Gasteiger partial charge in [-0.15, -0.1) is 0 Å². The van der Waals surface area contributed by atoms with E-state index in [1.54, 1.807) is 42.6 Å². The van der Waals surface area contributed by atoms with Gasteiger partial charge in [-0.1, -0.05) is 12.1 Å². The zero-order valence-corrected chi connectivity index (χ0v) is 13.5. The minimum Gasteiger partial charge on any atom is -0.493 e. The number of ketones is 1. The normalized spacial score (nSPS) is 10.4. The van der Waals surface area contributed by atoms with Crippen LogP contribution in [0, 0.1) is 0 Å². The van der Waals surface area contributed by atoms with Crippen LogP contribution in [0.5, 0.6) is 11.5 Å². The van der Waals surface area contributed by atoms with Crippen LogP contribution < -0.4 is 14.8 Å². The van der Waals surface area contributed by atoms with Gasteiger partial charge in [0.25, 0.3) is 5.91 Å². The number of aromatic nitrogens is 1. The van der Waals surface area contributed by atoms with E-state index in [1.807, 2.05) is 0 Å². The van der Waals surface area contributed by atoms with Crippen molar-refractivity contribution in [1.29, 1.82) is 0 Å². The van der Waals surface area contributed by atoms with Gasteiger partial charge in [0.2, 0.25) is 0 Å². The Morgan fingerprint density at radius 2 is 2.08 bits per heavy atom. The second kappa shape index (κ2) is 8.47. The fraction of sp³-hybridized carbons (Fsp3) is 0.167. The number of carbonyl (C=O) groups is 2. The molecule has 0 saturated carbocycles. The second-order valence-electron chi connectivity index (χ2n) is 4.81. The second-order valence-corrected chi connectivity index (χ2v) is 4.81. The quantitative estimate of drug-likeness (QED) is 0.623. The lowest BCUT2D eigenvalue weighted by atomic mass is 10.1. The number of benzene rings is 1. The highest BCUT2D eigenvalue weighted by atomic mass is 16.5. The van der Waals surface area contributed by atoms with Crippen molar-refractivity contribution in [3.8, 4) is 11.5 Å². The molecule has 1 aromatic heterocycles. The van der Waals surface area contributed by atoms with E-state index in [4.69, 9.17) is 9.47 Å². The van der Waals surface area contributed by atoms with Crippen molar-refractivity contribution in [2.75, 3.05) is 20.8 Å². The van der Waals surface area contributed by atoms with Crippen LogP contribution in [-0.4, -0.2) is 37.4 Å². The fourth-order valence-electron chi connectivity index (χ4n) is 1.90. The number of hydrogen-bond acceptors (Lipinski definition) is 5. The molecule has 2 aromatic rings. The average molecular weight is 326 g/mol. The largest absolute Gasteiger partial charge is 0.493 e. The van der Waals surface area contributed by atoms with Crippen LogP contribution in [0.2, 0.25) is 0 Å². The Balaban J connectivity index is 2.10. The monoisotopic (exact) mass is 326 g/mol. The molecule has 0 fully saturated rings. The highest BCUT2D eigenvalue weighted by molar-refractivity contribution is 6.06. The topological polar surface area (TPSA) is 77.5 Å². The van der Waals surface area contributed by atoms with Gasteiger partial charge in [-0.05, 0) is 35.9 Å². The van der Waals surface area contributed by atoms with Crippen LogP contribution >= 0.6 is 0 Å². The van der Waals surface area contributed by atoms with Crippen LogP contribution in [-0.2, 0) is 4.79 Å². The summed E-state index contributed by atoms with van der Waals surface area (Å²) >= 11 is 0. The van der Waals surface area contributed by atoms with E-state index in [0.29, 0.717) is 17.1 Å². The predicted octanol–water partition coefficient (Wildman–Crippen LogP) is 2.11. The number of likely N-dealkylation sites (N-methyl/N-ethyl adjacent to an activating group) is 1. The van der Waals surface area contributed by atoms with Crippen molar-refractivity contribution in [3.63, 3.8) is 0 Å². The van der Waals surface area contributed by atoms with E-state index < -0.39 is 0 Å². The lowest BCUT2D eigenvalue weighted by Gasteiger charge is -2.10. The molecule has 2 rings (SSSR count). The van der Waals surface area contributed by atoms with E-state index in [0.717, 1.165) is 5.56 Å². The summed E-state index contributed by atoms with van der Waals surface area (Å²) in [5.41, 5.74) is 1.29. The Bertz CT molecular complexity index is 742. The molecule has 24 heavy (non-hydrogen) atoms. The Kier molecular flexibility index (Phi) is 6.08. The molecule has 0 spiro atoms. The predicted molar refractivity (Wildman–Crippen MR) is 90.2 cm³/mol. The van der Waals surface area contributed by atoms with E-state index in [1.165, 1.54) is 26.4 Å². The number of ether oxygens (including phenoxy) is 2. The lowest BCUT2D eigenvalue weighted by molar-refractivity contribution is -0.122. The first-order chi connectivity index (χ1) is 11.6. The van der Waals surface area contributed by atoms with Gasteiger partial charge >= 0.3 is 0 Å². The van der Waals surface area contributed by atoms with E-state index in [9.17, 15) is 9.59 Å². The summed E-state index contributed by atoms with van der Waals surface area (Å²) in [6.45, 7) is -0.0957. The number of allylic oxidation sites excluding steroid dienone is 1. The lowest BCUT2D eigenvalue weighted by Crippen LogP contribution is -2.24. The average Bonchev–Trinajstić information content (AvgIpc) is 2.64. The molecule has 1 aromatic carbocycles. The van der Waals surface area contributed by atoms with Crippen LogP contribution in [0.3, 0.4) is 0 Å². The molecule has 124 valence electrons. The standard InChI is InChI=1S/C18H18N2O4/c1-19-18(22)12-24-16-8-6-13(10-17(16)23-2)5-7-15(21)14-4-3-9-20-11-14/h3-11H,12H2,1-2H3,(H,19,22)/b7-5+. The van der Waals surface area contributed by atoms with Gasteiger partial charge in [-0.3, -0.25) is 14.6 Å². The summed E-state index contributed by atoms with van der Waals surface area (Å²) in [6, 6.07) is 8.61. The number of nitrogens with zero attached hydrogens (tertiary/aromatic N) is 1. The third-order valence-electron chi connectivity index (χ3n) is 3.20. The molecule has 1 heterocycles. The Hall–Kier alpha value is -3.15. The summed E-state index contributed by atoms with van der Waals surface area (Å²) < 4.78 is 10.7. The number of nitrogens with one attached hydrogen (secondary N) is 1. The van der Waals surface area contributed by atoms with Gasteiger partial charge in [-0.25, -0.2) is 0 Å². The van der Waals surface area contributed by atoms with Crippen LogP contribution in [0.1, 0.15) is 15.9 Å². The maximum Gasteiger partial charge on any atom is 0.257 e. The molecule has 0 atom stereocenters. The van der Waals surface area contributed by atoms with Crippen molar-refractivity contribution in [1.82, 2.24) is 10.3 Å². The first-order valence-corrected chi connectivity index (χ1v) is 7.28. The van der Waals surface area contributed by atoms with Crippen molar-refractivity contribution in [2.45, 2.75) is 0 Å². The number of pyridine rings is 1. The molecule has 1 N–H and O–H groups in total. The molecule has 0 aliphatic carbocycles. The van der Waals surface area contributed by atoms with Gasteiger partial charge in [0.15, 0.2) is 23.9 Å². The van der Waals surface area contributed by atoms with Gasteiger partial charge in [-0.2, -0.15) is 0 Å². The first kappa shape index (κ1) is 17.2. The molecular weight excluding hydrogens is 308 g/mol. The number of amides is 1. The Labute approximate surface area is 140 Å². The number of carbonyl (C=O) groups excluding carboxylic acids is 2. The number of rotatable bonds is 7. The summed E-state index contributed by atoms with van der Waals surface area (Å²) in [5, 5.41) is 2.47.